The highest BCUT2D eigenvalue weighted by Crippen LogP contribution is 1.96. The molecule has 0 aliphatic rings. The molecule has 0 fully saturated rings. The Balaban J connectivity index is 0.000000292. The summed E-state index contributed by atoms with van der Waals surface area (Å²) in [6, 6.07) is 2.76. The summed E-state index contributed by atoms with van der Waals surface area (Å²) >= 11 is 0. The molecule has 3 rings (SSSR count). The topological polar surface area (TPSA) is 261 Å². The van der Waals surface area contributed by atoms with Crippen molar-refractivity contribution in [2.75, 3.05) is 37.1 Å². The van der Waals surface area contributed by atoms with Crippen molar-refractivity contribution in [1.82, 2.24) is 45.9 Å². The first kappa shape index (κ1) is 31.5. The molecule has 0 aliphatic heterocycles. The third kappa shape index (κ3) is 12.8. The fourth-order valence-corrected chi connectivity index (χ4v) is 2.42. The van der Waals surface area contributed by atoms with Gasteiger partial charge in [0, 0.05) is 56.4 Å². The van der Waals surface area contributed by atoms with Gasteiger partial charge in [-0.05, 0) is 20.8 Å². The lowest BCUT2D eigenvalue weighted by Crippen LogP contribution is -2.27. The van der Waals surface area contributed by atoms with Crippen LogP contribution >= 0.6 is 0 Å². The van der Waals surface area contributed by atoms with Gasteiger partial charge < -0.3 is 16.0 Å². The fourth-order valence-electron chi connectivity index (χ4n) is 2.42. The van der Waals surface area contributed by atoms with Crippen LogP contribution in [0.4, 0.5) is 32.2 Å². The molecule has 6 amide bonds. The monoisotopic (exact) mass is 546 g/mol. The van der Waals surface area contributed by atoms with E-state index >= 15 is 0 Å². The Morgan fingerprint density at radius 2 is 0.769 bits per heavy atom. The summed E-state index contributed by atoms with van der Waals surface area (Å²) in [5.41, 5.74) is 0.775. The smallest absolute Gasteiger partial charge is 0.321 e. The highest BCUT2D eigenvalue weighted by molar-refractivity contribution is 5.87. The van der Waals surface area contributed by atoms with E-state index in [2.05, 4.69) is 61.8 Å². The Labute approximate surface area is 220 Å². The van der Waals surface area contributed by atoms with Crippen LogP contribution in [0.5, 0.6) is 0 Å². The highest BCUT2D eigenvalue weighted by atomic mass is 16.2. The minimum absolute atomic E-state index is 0.143. The molecule has 0 bridgehead atoms. The van der Waals surface area contributed by atoms with Crippen LogP contribution in [0.25, 0.3) is 0 Å². The average Bonchev–Trinajstić information content (AvgIpc) is 2.82. The van der Waals surface area contributed by atoms with E-state index in [1.807, 2.05) is 0 Å². The van der Waals surface area contributed by atoms with Gasteiger partial charge in [-0.2, -0.15) is 0 Å². The second-order valence-electron chi connectivity index (χ2n) is 7.32. The molecular formula is C21H30N12O6. The Bertz CT molecular complexity index is 1290. The van der Waals surface area contributed by atoms with Gasteiger partial charge in [0.15, 0.2) is 0 Å². The average molecular weight is 547 g/mol. The summed E-state index contributed by atoms with van der Waals surface area (Å²) in [7, 11) is 4.43. The molecule has 0 aromatic carbocycles. The van der Waals surface area contributed by atoms with Crippen LogP contribution in [-0.4, -0.2) is 69.1 Å². The third-order valence-electron chi connectivity index (χ3n) is 3.99. The lowest BCUT2D eigenvalue weighted by molar-refractivity contribution is 0.253. The maximum absolute atomic E-state index is 10.9. The van der Waals surface area contributed by atoms with Gasteiger partial charge in [0.25, 0.3) is 16.7 Å². The molecule has 0 unspecified atom stereocenters. The van der Waals surface area contributed by atoms with Crippen molar-refractivity contribution in [3.05, 3.63) is 66.3 Å². The number of anilines is 3. The van der Waals surface area contributed by atoms with E-state index in [0.717, 1.165) is 0 Å². The van der Waals surface area contributed by atoms with Gasteiger partial charge in [0.2, 0.25) is 17.8 Å². The van der Waals surface area contributed by atoms with Gasteiger partial charge in [-0.3, -0.25) is 45.3 Å². The summed E-state index contributed by atoms with van der Waals surface area (Å²) in [5, 5.41) is 14.1. The first-order chi connectivity index (χ1) is 18.3. The molecule has 39 heavy (non-hydrogen) atoms. The van der Waals surface area contributed by atoms with E-state index < -0.39 is 18.1 Å². The summed E-state index contributed by atoms with van der Waals surface area (Å²) in [6.07, 6.45) is 0. The SMILES string of the molecule is CNC(=O)Nc1nc(C)cc(=O)[nH]1.CNC(=O)Nc1nc(C)cc(=O)[nH]1.CNC(=O)Nc1nc(C)cc(=O)[nH]1. The van der Waals surface area contributed by atoms with E-state index in [4.69, 9.17) is 0 Å². The van der Waals surface area contributed by atoms with Gasteiger partial charge in [-0.25, -0.2) is 29.3 Å². The predicted molar refractivity (Wildman–Crippen MR) is 143 cm³/mol. The Hall–Kier alpha value is -5.55. The number of hydrogen-bond acceptors (Lipinski definition) is 9. The minimum Gasteiger partial charge on any atom is -0.341 e. The van der Waals surface area contributed by atoms with Crippen molar-refractivity contribution >= 4 is 35.9 Å². The van der Waals surface area contributed by atoms with Gasteiger partial charge >= 0.3 is 18.1 Å². The second kappa shape index (κ2) is 15.5. The summed E-state index contributed by atoms with van der Waals surface area (Å²) in [5.74, 6) is 0.429. The van der Waals surface area contributed by atoms with Gasteiger partial charge in [0.05, 0.1) is 0 Å². The number of urea groups is 3. The summed E-state index contributed by atoms with van der Waals surface area (Å²) in [6.45, 7) is 5.01. The molecular weight excluding hydrogens is 516 g/mol. The van der Waals surface area contributed by atoms with E-state index in [0.29, 0.717) is 17.1 Å². The zero-order valence-electron chi connectivity index (χ0n) is 22.0. The first-order valence-electron chi connectivity index (χ1n) is 11.0. The lowest BCUT2D eigenvalue weighted by Gasteiger charge is -2.02. The number of aromatic nitrogens is 6. The fraction of sp³-hybridized carbons (Fsp3) is 0.286. The Morgan fingerprint density at radius 1 is 0.538 bits per heavy atom. The molecule has 210 valence electrons. The standard InChI is InChI=1S/3C7H10N4O2/c3*1-4-3-5(12)10-6(9-4)11-7(13)8-2/h3*3H,1-2H3,(H3,8,9,10,11,12,13). The summed E-state index contributed by atoms with van der Waals surface area (Å²) < 4.78 is 0. The molecule has 9 N–H and O–H groups in total. The minimum atomic E-state index is -0.422. The number of nitrogens with one attached hydrogen (secondary N) is 9. The van der Waals surface area contributed by atoms with Crippen molar-refractivity contribution in [1.29, 1.82) is 0 Å². The van der Waals surface area contributed by atoms with Crippen LogP contribution in [0.15, 0.2) is 32.6 Å². The molecule has 3 heterocycles. The number of amides is 6. The third-order valence-corrected chi connectivity index (χ3v) is 3.99. The van der Waals surface area contributed by atoms with Crippen molar-refractivity contribution < 1.29 is 14.4 Å². The van der Waals surface area contributed by atoms with E-state index in [1.165, 1.54) is 39.3 Å². The number of carbonyl (C=O) groups excluding carboxylic acids is 3. The number of nitrogens with zero attached hydrogens (tertiary/aromatic N) is 3. The van der Waals surface area contributed by atoms with Gasteiger partial charge in [-0.15, -0.1) is 0 Å². The maximum Gasteiger partial charge on any atom is 0.321 e. The molecule has 0 aliphatic carbocycles. The van der Waals surface area contributed by atoms with Gasteiger partial charge in [0.1, 0.15) is 0 Å². The molecule has 3 aromatic rings. The number of H-pyrrole nitrogens is 3. The molecule has 0 saturated carbocycles. The predicted octanol–water partition coefficient (Wildman–Crippen LogP) is -0.511. The number of rotatable bonds is 3. The molecule has 18 nitrogen and oxygen atoms in total. The van der Waals surface area contributed by atoms with Crippen molar-refractivity contribution in [3.63, 3.8) is 0 Å². The highest BCUT2D eigenvalue weighted by Gasteiger charge is 2.03. The number of carbonyl (C=O) groups is 3. The number of aromatic amines is 3. The van der Waals surface area contributed by atoms with E-state index in [-0.39, 0.29) is 34.5 Å². The lowest BCUT2D eigenvalue weighted by atomic mass is 10.4. The zero-order valence-corrected chi connectivity index (χ0v) is 22.0. The number of aryl methyl sites for hydroxylation is 3. The van der Waals surface area contributed by atoms with Crippen LogP contribution in [0.2, 0.25) is 0 Å². The first-order valence-corrected chi connectivity index (χ1v) is 11.0. The molecule has 0 spiro atoms. The Morgan fingerprint density at radius 3 is 0.949 bits per heavy atom. The van der Waals surface area contributed by atoms with Crippen molar-refractivity contribution in [3.8, 4) is 0 Å². The molecule has 3 aromatic heterocycles. The van der Waals surface area contributed by atoms with Crippen LogP contribution in [0.1, 0.15) is 17.1 Å². The molecule has 0 saturated heterocycles. The maximum atomic E-state index is 10.9. The van der Waals surface area contributed by atoms with E-state index in [9.17, 15) is 28.8 Å². The summed E-state index contributed by atoms with van der Waals surface area (Å²) in [4.78, 5) is 84.0. The second-order valence-corrected chi connectivity index (χ2v) is 7.32. The molecule has 0 atom stereocenters. The van der Waals surface area contributed by atoms with Crippen molar-refractivity contribution in [2.24, 2.45) is 0 Å². The van der Waals surface area contributed by atoms with E-state index in [1.54, 1.807) is 20.8 Å². The molecule has 0 radical (unpaired) electrons. The molecule has 18 heteroatoms. The van der Waals surface area contributed by atoms with Crippen LogP contribution in [0.3, 0.4) is 0 Å². The Kier molecular flexibility index (Phi) is 12.5. The quantitative estimate of drug-likeness (QED) is 0.204. The van der Waals surface area contributed by atoms with Crippen LogP contribution in [0, 0.1) is 20.8 Å². The van der Waals surface area contributed by atoms with Crippen molar-refractivity contribution in [2.45, 2.75) is 20.8 Å². The largest absolute Gasteiger partial charge is 0.341 e. The van der Waals surface area contributed by atoms with Crippen LogP contribution in [-0.2, 0) is 0 Å². The zero-order chi connectivity index (χ0) is 29.5. The van der Waals surface area contributed by atoms with Crippen LogP contribution < -0.4 is 48.6 Å². The normalized spacial score (nSPS) is 9.38. The number of hydrogen-bond donors (Lipinski definition) is 9. The van der Waals surface area contributed by atoms with Gasteiger partial charge in [-0.1, -0.05) is 0 Å².